The van der Waals surface area contributed by atoms with Crippen molar-refractivity contribution in [1.82, 2.24) is 0 Å². The molecule has 0 spiro atoms. The third-order valence-electron chi connectivity index (χ3n) is 4.74. The van der Waals surface area contributed by atoms with E-state index in [2.05, 4.69) is 13.8 Å². The maximum Gasteiger partial charge on any atom is 0.0380 e. The Labute approximate surface area is 146 Å². The van der Waals surface area contributed by atoms with E-state index in [0.717, 1.165) is 57.8 Å². The summed E-state index contributed by atoms with van der Waals surface area (Å²) >= 11 is 0. The summed E-state index contributed by atoms with van der Waals surface area (Å²) in [6.07, 6.45) is 1.92. The van der Waals surface area contributed by atoms with Crippen LogP contribution in [0.1, 0.15) is 47.2 Å². The summed E-state index contributed by atoms with van der Waals surface area (Å²) in [4.78, 5) is 0. The molecule has 0 unspecified atom stereocenters. The number of hydrogen-bond acceptors (Lipinski definition) is 4. The van der Waals surface area contributed by atoms with Crippen LogP contribution in [0.4, 0.5) is 22.7 Å². The lowest BCUT2D eigenvalue weighted by atomic mass is 9.96. The largest absolute Gasteiger partial charge is 0.398 e. The minimum Gasteiger partial charge on any atom is -0.398 e. The monoisotopic (exact) mass is 328 g/mol. The van der Waals surface area contributed by atoms with Gasteiger partial charge in [0.25, 0.3) is 0 Å². The summed E-state index contributed by atoms with van der Waals surface area (Å²) in [5, 5.41) is 0. The van der Waals surface area contributed by atoms with E-state index in [1.807, 2.05) is 39.8 Å². The molecule has 132 valence electrons. The maximum atomic E-state index is 5.98. The SMILES string of the molecule is CCc1c(N)cc(C)c(N)c1CC.Cc1cc(N)c(C)c(C)c1N. The van der Waals surface area contributed by atoms with Gasteiger partial charge >= 0.3 is 0 Å². The van der Waals surface area contributed by atoms with Crippen molar-refractivity contribution in [2.45, 2.75) is 54.4 Å². The first kappa shape index (κ1) is 19.7. The van der Waals surface area contributed by atoms with Crippen molar-refractivity contribution in [3.05, 3.63) is 45.5 Å². The molecule has 0 radical (unpaired) electrons. The molecular formula is C20H32N4. The predicted molar refractivity (Wildman–Crippen MR) is 108 cm³/mol. The molecule has 2 aromatic rings. The van der Waals surface area contributed by atoms with Crippen LogP contribution < -0.4 is 22.9 Å². The van der Waals surface area contributed by atoms with Gasteiger partial charge in [-0.3, -0.25) is 0 Å². The number of rotatable bonds is 2. The van der Waals surface area contributed by atoms with Crippen molar-refractivity contribution < 1.29 is 0 Å². The smallest absolute Gasteiger partial charge is 0.0380 e. The number of hydrogen-bond donors (Lipinski definition) is 4. The Hall–Kier alpha value is -2.36. The number of benzene rings is 2. The van der Waals surface area contributed by atoms with E-state index in [1.165, 1.54) is 11.1 Å². The summed E-state index contributed by atoms with van der Waals surface area (Å²) in [6, 6.07) is 3.88. The first-order valence-electron chi connectivity index (χ1n) is 8.43. The lowest BCUT2D eigenvalue weighted by Crippen LogP contribution is -2.05. The molecule has 24 heavy (non-hydrogen) atoms. The summed E-state index contributed by atoms with van der Waals surface area (Å²) in [6.45, 7) is 12.2. The Kier molecular flexibility index (Phi) is 6.52. The van der Waals surface area contributed by atoms with Crippen LogP contribution in [0.3, 0.4) is 0 Å². The van der Waals surface area contributed by atoms with Gasteiger partial charge in [0.1, 0.15) is 0 Å². The van der Waals surface area contributed by atoms with Crippen LogP contribution in [0.5, 0.6) is 0 Å². The van der Waals surface area contributed by atoms with Gasteiger partial charge in [-0.2, -0.15) is 0 Å². The molecule has 4 heteroatoms. The second kappa shape index (κ2) is 7.95. The zero-order valence-corrected chi connectivity index (χ0v) is 15.9. The lowest BCUT2D eigenvalue weighted by Gasteiger charge is -2.14. The lowest BCUT2D eigenvalue weighted by molar-refractivity contribution is 1.04. The molecule has 0 fully saturated rings. The molecule has 2 rings (SSSR count). The quantitative estimate of drug-likeness (QED) is 0.624. The van der Waals surface area contributed by atoms with E-state index in [9.17, 15) is 0 Å². The molecule has 8 N–H and O–H groups in total. The maximum absolute atomic E-state index is 5.98. The molecule has 0 aliphatic carbocycles. The van der Waals surface area contributed by atoms with Crippen LogP contribution in [0.25, 0.3) is 0 Å². The molecule has 0 aromatic heterocycles. The molecule has 4 nitrogen and oxygen atoms in total. The predicted octanol–water partition coefficient (Wildman–Crippen LogP) is 4.06. The second-order valence-electron chi connectivity index (χ2n) is 6.31. The van der Waals surface area contributed by atoms with Crippen molar-refractivity contribution in [3.63, 3.8) is 0 Å². The van der Waals surface area contributed by atoms with Crippen LogP contribution in [-0.4, -0.2) is 0 Å². The highest BCUT2D eigenvalue weighted by Gasteiger charge is 2.09. The minimum atomic E-state index is 0.828. The third-order valence-corrected chi connectivity index (χ3v) is 4.74. The third kappa shape index (κ3) is 3.94. The average Bonchev–Trinajstić information content (AvgIpc) is 2.54. The van der Waals surface area contributed by atoms with Crippen molar-refractivity contribution in [3.8, 4) is 0 Å². The van der Waals surface area contributed by atoms with Gasteiger partial charge in [-0.1, -0.05) is 13.8 Å². The summed E-state index contributed by atoms with van der Waals surface area (Å²) < 4.78 is 0. The minimum absolute atomic E-state index is 0.828. The van der Waals surface area contributed by atoms with Crippen LogP contribution in [0, 0.1) is 27.7 Å². The number of nitrogens with two attached hydrogens (primary N) is 4. The Morgan fingerprint density at radius 3 is 1.58 bits per heavy atom. The Bertz CT molecular complexity index is 707. The van der Waals surface area contributed by atoms with Crippen LogP contribution in [0.15, 0.2) is 12.1 Å². The molecule has 0 saturated heterocycles. The van der Waals surface area contributed by atoms with Gasteiger partial charge < -0.3 is 22.9 Å². The summed E-state index contributed by atoms with van der Waals surface area (Å²) in [7, 11) is 0. The van der Waals surface area contributed by atoms with Crippen LogP contribution in [-0.2, 0) is 12.8 Å². The van der Waals surface area contributed by atoms with Gasteiger partial charge in [-0.05, 0) is 86.1 Å². The van der Waals surface area contributed by atoms with Gasteiger partial charge in [0.05, 0.1) is 0 Å². The normalized spacial score (nSPS) is 10.2. The standard InChI is InChI=1S/C11H18N2.C9H14N2/c1-4-8-9(5-2)11(13)7(3)6-10(8)12;1-5-4-8(10)6(2)7(3)9(5)11/h6H,4-5,12-13H2,1-3H3;4H,10-11H2,1-3H3. The molecule has 0 heterocycles. The Balaban J connectivity index is 0.000000243. The van der Waals surface area contributed by atoms with Gasteiger partial charge in [-0.15, -0.1) is 0 Å². The van der Waals surface area contributed by atoms with Crippen LogP contribution in [0.2, 0.25) is 0 Å². The van der Waals surface area contributed by atoms with Gasteiger partial charge in [-0.25, -0.2) is 0 Å². The fourth-order valence-electron chi connectivity index (χ4n) is 2.93. The average molecular weight is 329 g/mol. The highest BCUT2D eigenvalue weighted by molar-refractivity contribution is 5.66. The van der Waals surface area contributed by atoms with Crippen molar-refractivity contribution >= 4 is 22.7 Å². The molecule has 0 atom stereocenters. The van der Waals surface area contributed by atoms with Gasteiger partial charge in [0, 0.05) is 22.7 Å². The summed E-state index contributed by atoms with van der Waals surface area (Å²) in [5.74, 6) is 0. The zero-order valence-electron chi connectivity index (χ0n) is 15.9. The number of aryl methyl sites for hydroxylation is 2. The van der Waals surface area contributed by atoms with E-state index in [-0.39, 0.29) is 0 Å². The molecule has 0 amide bonds. The molecule has 0 aliphatic heterocycles. The Morgan fingerprint density at radius 1 is 0.625 bits per heavy atom. The van der Waals surface area contributed by atoms with E-state index < -0.39 is 0 Å². The topological polar surface area (TPSA) is 104 Å². The van der Waals surface area contributed by atoms with Gasteiger partial charge in [0.2, 0.25) is 0 Å². The fraction of sp³-hybridized carbons (Fsp3) is 0.400. The Morgan fingerprint density at radius 2 is 1.08 bits per heavy atom. The van der Waals surface area contributed by atoms with Crippen molar-refractivity contribution in [2.75, 3.05) is 22.9 Å². The van der Waals surface area contributed by atoms with Crippen molar-refractivity contribution in [2.24, 2.45) is 0 Å². The number of anilines is 4. The van der Waals surface area contributed by atoms with E-state index in [4.69, 9.17) is 22.9 Å². The van der Waals surface area contributed by atoms with Gasteiger partial charge in [0.15, 0.2) is 0 Å². The first-order chi connectivity index (χ1) is 11.1. The second-order valence-corrected chi connectivity index (χ2v) is 6.31. The molecule has 0 saturated carbocycles. The molecule has 0 bridgehead atoms. The van der Waals surface area contributed by atoms with E-state index in [1.54, 1.807) is 0 Å². The van der Waals surface area contributed by atoms with E-state index >= 15 is 0 Å². The highest BCUT2D eigenvalue weighted by Crippen LogP contribution is 2.28. The molecule has 2 aromatic carbocycles. The van der Waals surface area contributed by atoms with Crippen molar-refractivity contribution in [1.29, 1.82) is 0 Å². The fourth-order valence-corrected chi connectivity index (χ4v) is 2.93. The number of nitrogen functional groups attached to an aromatic ring is 4. The molecular weight excluding hydrogens is 296 g/mol. The first-order valence-corrected chi connectivity index (χ1v) is 8.43. The zero-order chi connectivity index (χ0) is 18.6. The summed E-state index contributed by atoms with van der Waals surface area (Å²) in [5.41, 5.74) is 33.7. The van der Waals surface area contributed by atoms with E-state index in [0.29, 0.717) is 0 Å². The molecule has 0 aliphatic rings. The van der Waals surface area contributed by atoms with Crippen LogP contribution >= 0.6 is 0 Å². The highest BCUT2D eigenvalue weighted by atomic mass is 14.6.